The number of amides is 2. The van der Waals surface area contributed by atoms with Crippen LogP contribution in [0, 0.1) is 0 Å². The second-order valence-corrected chi connectivity index (χ2v) is 5.79. The van der Waals surface area contributed by atoms with Crippen molar-refractivity contribution in [3.05, 3.63) is 35.9 Å². The van der Waals surface area contributed by atoms with E-state index in [1.54, 1.807) is 0 Å². The summed E-state index contributed by atoms with van der Waals surface area (Å²) in [7, 11) is 0. The number of rotatable bonds is 2. The van der Waals surface area contributed by atoms with Crippen LogP contribution in [0.4, 0.5) is 0 Å². The molecule has 0 fully saturated rings. The Labute approximate surface area is 122 Å². The van der Waals surface area contributed by atoms with E-state index in [2.05, 4.69) is 10.4 Å². The first kappa shape index (κ1) is 14.6. The molecule has 5 nitrogen and oxygen atoms in total. The molecule has 1 N–H and O–H groups in total. The third-order valence-corrected chi connectivity index (χ3v) is 4.50. The van der Waals surface area contributed by atoms with Crippen LogP contribution in [0.2, 0.25) is 0 Å². The lowest BCUT2D eigenvalue weighted by molar-refractivity contribution is -0.132. The van der Waals surface area contributed by atoms with Crippen LogP contribution in [0.1, 0.15) is 32.8 Å². The third kappa shape index (κ3) is 2.56. The second kappa shape index (κ2) is 5.66. The van der Waals surface area contributed by atoms with Crippen LogP contribution < -0.4 is 5.32 Å². The van der Waals surface area contributed by atoms with Crippen LogP contribution in [0.25, 0.3) is 0 Å². The number of thioether (sulfide) groups is 1. The van der Waals surface area contributed by atoms with E-state index in [0.717, 1.165) is 5.56 Å². The Morgan fingerprint density at radius 3 is 2.45 bits per heavy atom. The largest absolute Gasteiger partial charge is 0.304 e. The van der Waals surface area contributed by atoms with Crippen LogP contribution in [0.15, 0.2) is 35.4 Å². The van der Waals surface area contributed by atoms with Crippen molar-refractivity contribution in [2.75, 3.05) is 0 Å². The summed E-state index contributed by atoms with van der Waals surface area (Å²) >= 11 is 1.40. The molecule has 1 heterocycles. The lowest BCUT2D eigenvalue weighted by atomic mass is 10.0. The van der Waals surface area contributed by atoms with Crippen LogP contribution in [0.3, 0.4) is 0 Å². The smallest absolute Gasteiger partial charge is 0.241 e. The van der Waals surface area contributed by atoms with Gasteiger partial charge in [-0.1, -0.05) is 49.0 Å². The van der Waals surface area contributed by atoms with Crippen LogP contribution in [-0.2, 0) is 14.5 Å². The average molecular weight is 291 g/mol. The van der Waals surface area contributed by atoms with Gasteiger partial charge in [0.25, 0.3) is 0 Å². The molecule has 0 bridgehead atoms. The van der Waals surface area contributed by atoms with Gasteiger partial charge in [-0.3, -0.25) is 9.59 Å². The molecule has 2 amide bonds. The first-order valence-electron chi connectivity index (χ1n) is 6.41. The number of hydrogen-bond acceptors (Lipinski definition) is 4. The molecule has 0 aliphatic carbocycles. The topological polar surface area (TPSA) is 61.8 Å². The highest BCUT2D eigenvalue weighted by atomic mass is 32.2. The molecule has 0 aromatic heterocycles. The van der Waals surface area contributed by atoms with Crippen LogP contribution in [-0.4, -0.2) is 22.0 Å². The number of hydrazone groups is 1. The quantitative estimate of drug-likeness (QED) is 0.909. The molecular formula is C14H17N3O2S. The molecule has 1 atom stereocenters. The maximum absolute atomic E-state index is 11.9. The number of amidine groups is 1. The van der Waals surface area contributed by atoms with E-state index in [1.165, 1.54) is 30.6 Å². The van der Waals surface area contributed by atoms with Crippen molar-refractivity contribution in [1.82, 2.24) is 10.3 Å². The highest BCUT2D eigenvalue weighted by molar-refractivity contribution is 8.14. The number of hydrogen-bond donors (Lipinski definition) is 1. The molecule has 0 saturated carbocycles. The Hall–Kier alpha value is -1.82. The number of benzene rings is 1. The first-order valence-corrected chi connectivity index (χ1v) is 7.23. The zero-order chi connectivity index (χ0) is 14.8. The fraction of sp³-hybridized carbons (Fsp3) is 0.357. The maximum atomic E-state index is 11.9. The number of nitrogens with zero attached hydrogens (tertiary/aromatic N) is 2. The molecule has 6 heteroatoms. The number of carbonyl (C=O) groups excluding carboxylic acids is 2. The Bertz CT molecular complexity index is 559. The lowest BCUT2D eigenvalue weighted by Gasteiger charge is -2.34. The van der Waals surface area contributed by atoms with Crippen molar-refractivity contribution >= 4 is 28.7 Å². The summed E-state index contributed by atoms with van der Waals surface area (Å²) < 4.78 is 0. The summed E-state index contributed by atoms with van der Waals surface area (Å²) in [6.45, 7) is 4.91. The lowest BCUT2D eigenvalue weighted by Crippen LogP contribution is -2.39. The zero-order valence-electron chi connectivity index (χ0n) is 11.7. The predicted molar refractivity (Wildman–Crippen MR) is 79.8 cm³/mol. The standard InChI is InChI=1S/C14H17N3O2S/c1-4-14(12-8-6-5-7-9-12)17(11(3)19)16-13(20-14)15-10(2)18/h5-9H,4H2,1-3H3,(H,15,16,18). The predicted octanol–water partition coefficient (Wildman–Crippen LogP) is 2.25. The molecule has 1 unspecified atom stereocenters. The Morgan fingerprint density at radius 2 is 1.95 bits per heavy atom. The minimum Gasteiger partial charge on any atom is -0.304 e. The summed E-state index contributed by atoms with van der Waals surface area (Å²) in [4.78, 5) is 22.5. The first-order chi connectivity index (χ1) is 9.49. The van der Waals surface area contributed by atoms with E-state index in [9.17, 15) is 9.59 Å². The van der Waals surface area contributed by atoms with Crippen molar-refractivity contribution < 1.29 is 9.59 Å². The van der Waals surface area contributed by atoms with Gasteiger partial charge >= 0.3 is 0 Å². The fourth-order valence-electron chi connectivity index (χ4n) is 2.23. The molecule has 1 aromatic rings. The Morgan fingerprint density at radius 1 is 1.30 bits per heavy atom. The maximum Gasteiger partial charge on any atom is 0.241 e. The van der Waals surface area contributed by atoms with Crippen molar-refractivity contribution in [2.24, 2.45) is 5.10 Å². The van der Waals surface area contributed by atoms with Gasteiger partial charge in [0.05, 0.1) is 0 Å². The SMILES string of the molecule is CCC1(c2ccccc2)SC(NC(C)=O)=NN1C(C)=O. The Kier molecular flexibility index (Phi) is 4.13. The minimum absolute atomic E-state index is 0.149. The zero-order valence-corrected chi connectivity index (χ0v) is 12.5. The van der Waals surface area contributed by atoms with Crippen molar-refractivity contribution in [3.8, 4) is 0 Å². The van der Waals surface area contributed by atoms with E-state index >= 15 is 0 Å². The molecule has 2 rings (SSSR count). The van der Waals surface area contributed by atoms with Crippen LogP contribution >= 0.6 is 11.8 Å². The van der Waals surface area contributed by atoms with Crippen molar-refractivity contribution in [1.29, 1.82) is 0 Å². The molecule has 0 saturated heterocycles. The summed E-state index contributed by atoms with van der Waals surface area (Å²) in [6.07, 6.45) is 0.688. The van der Waals surface area contributed by atoms with Gasteiger partial charge in [0.2, 0.25) is 11.8 Å². The molecule has 106 valence electrons. The molecule has 1 aromatic carbocycles. The third-order valence-electron chi connectivity index (χ3n) is 3.08. The van der Waals surface area contributed by atoms with Crippen molar-refractivity contribution in [2.45, 2.75) is 32.1 Å². The highest BCUT2D eigenvalue weighted by Gasteiger charge is 2.46. The van der Waals surface area contributed by atoms with Crippen LogP contribution in [0.5, 0.6) is 0 Å². The summed E-state index contributed by atoms with van der Waals surface area (Å²) in [5, 5.41) is 8.84. The molecular weight excluding hydrogens is 274 g/mol. The second-order valence-electron chi connectivity index (χ2n) is 4.52. The van der Waals surface area contributed by atoms with Gasteiger partial charge in [0, 0.05) is 13.8 Å². The summed E-state index contributed by atoms with van der Waals surface area (Å²) in [5.74, 6) is -0.344. The fourth-order valence-corrected chi connectivity index (χ4v) is 3.52. The number of carbonyl (C=O) groups is 2. The van der Waals surface area contributed by atoms with Gasteiger partial charge in [0.15, 0.2) is 5.17 Å². The molecule has 1 aliphatic heterocycles. The summed E-state index contributed by atoms with van der Waals surface area (Å²) in [6, 6.07) is 9.74. The van der Waals surface area contributed by atoms with Gasteiger partial charge in [-0.25, -0.2) is 5.01 Å². The van der Waals surface area contributed by atoms with Gasteiger partial charge in [0.1, 0.15) is 4.87 Å². The molecule has 0 spiro atoms. The molecule has 1 aliphatic rings. The minimum atomic E-state index is -0.592. The van der Waals surface area contributed by atoms with Crippen molar-refractivity contribution in [3.63, 3.8) is 0 Å². The van der Waals surface area contributed by atoms with E-state index in [1.807, 2.05) is 37.3 Å². The monoisotopic (exact) mass is 291 g/mol. The van der Waals surface area contributed by atoms with Gasteiger partial charge in [-0.05, 0) is 12.0 Å². The van der Waals surface area contributed by atoms with Gasteiger partial charge in [-0.15, -0.1) is 5.10 Å². The molecule has 20 heavy (non-hydrogen) atoms. The van der Waals surface area contributed by atoms with E-state index in [4.69, 9.17) is 0 Å². The average Bonchev–Trinajstić information content (AvgIpc) is 2.79. The Balaban J connectivity index is 2.43. The van der Waals surface area contributed by atoms with Gasteiger partial charge in [-0.2, -0.15) is 0 Å². The molecule has 0 radical (unpaired) electrons. The van der Waals surface area contributed by atoms with E-state index in [0.29, 0.717) is 11.6 Å². The number of nitrogens with one attached hydrogen (secondary N) is 1. The van der Waals surface area contributed by atoms with E-state index in [-0.39, 0.29) is 11.8 Å². The van der Waals surface area contributed by atoms with E-state index < -0.39 is 4.87 Å². The van der Waals surface area contributed by atoms with Gasteiger partial charge < -0.3 is 5.32 Å². The highest BCUT2D eigenvalue weighted by Crippen LogP contribution is 2.47. The summed E-state index contributed by atoms with van der Waals surface area (Å²) in [5.41, 5.74) is 0.992. The normalized spacial score (nSPS) is 21.6.